The number of aliphatic hydroxyl groups is 1. The fourth-order valence-electron chi connectivity index (χ4n) is 4.07. The van der Waals surface area contributed by atoms with Gasteiger partial charge in [-0.3, -0.25) is 19.3 Å². The molecule has 5 rings (SSSR count). The van der Waals surface area contributed by atoms with Crippen LogP contribution >= 0.6 is 11.8 Å². The molecule has 2 aliphatic heterocycles. The number of guanidine groups is 1. The molecule has 0 radical (unpaired) electrons. The summed E-state index contributed by atoms with van der Waals surface area (Å²) in [5.74, 6) is -2.18. The number of anilines is 1. The SMILES string of the molecule is CN1C(=O)c2c(nn(Cc3ccc(C(C)(F)F)cc3)c2Sc2ccccc2)N2C[C@@H](CO)N=C12. The summed E-state index contributed by atoms with van der Waals surface area (Å²) in [6.45, 7) is 1.47. The maximum absolute atomic E-state index is 13.6. The molecule has 1 aromatic heterocycles. The van der Waals surface area contributed by atoms with E-state index in [4.69, 9.17) is 5.10 Å². The van der Waals surface area contributed by atoms with E-state index >= 15 is 0 Å². The summed E-state index contributed by atoms with van der Waals surface area (Å²) in [5.41, 5.74) is 1.19. The number of rotatable bonds is 6. The molecule has 0 saturated heterocycles. The third-order valence-corrected chi connectivity index (χ3v) is 6.97. The quantitative estimate of drug-likeness (QED) is 0.577. The van der Waals surface area contributed by atoms with Gasteiger partial charge >= 0.3 is 0 Å². The topological polar surface area (TPSA) is 74.0 Å². The fourth-order valence-corrected chi connectivity index (χ4v) is 5.08. The van der Waals surface area contributed by atoms with E-state index in [0.29, 0.717) is 35.5 Å². The lowest BCUT2D eigenvalue weighted by atomic mass is 10.1. The number of aliphatic imine (C=N–C) groups is 1. The Labute approximate surface area is 199 Å². The minimum absolute atomic E-state index is 0.0559. The minimum atomic E-state index is -2.91. The molecular weight excluding hydrogens is 460 g/mol. The van der Waals surface area contributed by atoms with Gasteiger partial charge in [-0.15, -0.1) is 0 Å². The lowest BCUT2D eigenvalue weighted by Gasteiger charge is -2.30. The minimum Gasteiger partial charge on any atom is -0.394 e. The van der Waals surface area contributed by atoms with E-state index in [1.54, 1.807) is 23.9 Å². The molecule has 7 nitrogen and oxygen atoms in total. The highest BCUT2D eigenvalue weighted by atomic mass is 32.2. The highest BCUT2D eigenvalue weighted by Gasteiger charge is 2.42. The number of hydrogen-bond acceptors (Lipinski definition) is 6. The third-order valence-electron chi connectivity index (χ3n) is 5.86. The first-order chi connectivity index (χ1) is 16.3. The second kappa shape index (κ2) is 8.52. The Balaban J connectivity index is 1.58. The number of carbonyl (C=O) groups is 1. The summed E-state index contributed by atoms with van der Waals surface area (Å²) in [6, 6.07) is 15.5. The molecule has 0 fully saturated rings. The molecule has 2 aliphatic rings. The van der Waals surface area contributed by atoms with Gasteiger partial charge in [0.1, 0.15) is 10.6 Å². The van der Waals surface area contributed by atoms with Crippen LogP contribution in [0.5, 0.6) is 0 Å². The Bertz CT molecular complexity index is 1250. The highest BCUT2D eigenvalue weighted by molar-refractivity contribution is 7.99. The second-order valence-electron chi connectivity index (χ2n) is 8.40. The van der Waals surface area contributed by atoms with Crippen molar-refractivity contribution in [1.29, 1.82) is 0 Å². The first-order valence-electron chi connectivity index (χ1n) is 10.8. The molecule has 0 saturated carbocycles. The first-order valence-corrected chi connectivity index (χ1v) is 11.6. The van der Waals surface area contributed by atoms with Gasteiger partial charge in [0.2, 0.25) is 5.96 Å². The monoisotopic (exact) mass is 483 g/mol. The standard InChI is InChI=1S/C24H23F2N5O2S/c1-24(25,26)16-10-8-15(9-11-16)12-31-22(34-18-6-4-3-5-7-18)19-20(28-31)30-13-17(14-32)27-23(30)29(2)21(19)33/h3-11,17,32H,12-14H2,1-2H3/t17-/m0/s1. The van der Waals surface area contributed by atoms with Crippen LogP contribution in [-0.4, -0.2) is 57.9 Å². The van der Waals surface area contributed by atoms with Gasteiger partial charge < -0.3 is 5.11 Å². The number of aromatic nitrogens is 2. The average molecular weight is 484 g/mol. The third kappa shape index (κ3) is 3.97. The normalized spacial score (nSPS) is 17.6. The van der Waals surface area contributed by atoms with Gasteiger partial charge in [-0.2, -0.15) is 5.10 Å². The largest absolute Gasteiger partial charge is 0.394 e. The molecule has 2 aromatic carbocycles. The Kier molecular flexibility index (Phi) is 5.65. The number of aliphatic hydroxyl groups excluding tert-OH is 1. The van der Waals surface area contributed by atoms with Crippen molar-refractivity contribution in [1.82, 2.24) is 14.7 Å². The number of hydrogen-bond donors (Lipinski definition) is 1. The number of halogens is 2. The second-order valence-corrected chi connectivity index (χ2v) is 9.46. The molecule has 0 spiro atoms. The van der Waals surface area contributed by atoms with Crippen LogP contribution in [0.2, 0.25) is 0 Å². The number of fused-ring (bicyclic) bond motifs is 3. The lowest BCUT2D eigenvalue weighted by Crippen LogP contribution is -2.48. The van der Waals surface area contributed by atoms with Crippen molar-refractivity contribution >= 4 is 29.4 Å². The smallest absolute Gasteiger partial charge is 0.270 e. The van der Waals surface area contributed by atoms with E-state index in [1.165, 1.54) is 28.8 Å². The molecule has 0 unspecified atom stereocenters. The number of nitrogens with zero attached hydrogens (tertiary/aromatic N) is 5. The summed E-state index contributed by atoms with van der Waals surface area (Å²) in [4.78, 5) is 22.1. The predicted octanol–water partition coefficient (Wildman–Crippen LogP) is 3.82. The van der Waals surface area contributed by atoms with Gasteiger partial charge in [0, 0.05) is 24.4 Å². The van der Waals surface area contributed by atoms with Gasteiger partial charge in [-0.1, -0.05) is 54.2 Å². The van der Waals surface area contributed by atoms with Gasteiger partial charge in [-0.25, -0.2) is 13.8 Å². The summed E-state index contributed by atoms with van der Waals surface area (Å²) in [5, 5.41) is 15.1. The number of carbonyl (C=O) groups excluding carboxylic acids is 1. The zero-order valence-electron chi connectivity index (χ0n) is 18.7. The number of amides is 1. The van der Waals surface area contributed by atoms with Crippen LogP contribution in [0.3, 0.4) is 0 Å². The number of benzene rings is 2. The maximum Gasteiger partial charge on any atom is 0.270 e. The summed E-state index contributed by atoms with van der Waals surface area (Å²) >= 11 is 1.43. The van der Waals surface area contributed by atoms with Gasteiger partial charge in [0.15, 0.2) is 5.82 Å². The van der Waals surface area contributed by atoms with Gasteiger partial charge in [0.05, 0.1) is 25.7 Å². The molecule has 3 aromatic rings. The Morgan fingerprint density at radius 1 is 1.15 bits per heavy atom. The highest BCUT2D eigenvalue weighted by Crippen LogP contribution is 2.40. The van der Waals surface area contributed by atoms with Gasteiger partial charge in [0.25, 0.3) is 11.8 Å². The Morgan fingerprint density at radius 2 is 1.85 bits per heavy atom. The fraction of sp³-hybridized carbons (Fsp3) is 0.292. The van der Waals surface area contributed by atoms with Crippen molar-refractivity contribution in [2.24, 2.45) is 4.99 Å². The van der Waals surface area contributed by atoms with Crippen LogP contribution in [0.15, 0.2) is 69.5 Å². The van der Waals surface area contributed by atoms with Crippen molar-refractivity contribution in [3.05, 3.63) is 71.3 Å². The Hall–Kier alpha value is -3.24. The van der Waals surface area contributed by atoms with Crippen molar-refractivity contribution < 1.29 is 18.7 Å². The molecule has 1 N–H and O–H groups in total. The summed E-state index contributed by atoms with van der Waals surface area (Å²) in [6.07, 6.45) is 0. The van der Waals surface area contributed by atoms with Crippen LogP contribution in [0.25, 0.3) is 0 Å². The maximum atomic E-state index is 13.6. The molecule has 3 heterocycles. The van der Waals surface area contributed by atoms with Crippen LogP contribution < -0.4 is 4.90 Å². The molecule has 1 amide bonds. The molecular formula is C24H23F2N5O2S. The van der Waals surface area contributed by atoms with E-state index in [0.717, 1.165) is 17.4 Å². The van der Waals surface area contributed by atoms with Crippen LogP contribution in [0, 0.1) is 0 Å². The van der Waals surface area contributed by atoms with E-state index in [1.807, 2.05) is 35.2 Å². The molecule has 34 heavy (non-hydrogen) atoms. The van der Waals surface area contributed by atoms with E-state index in [9.17, 15) is 18.7 Å². The molecule has 10 heteroatoms. The van der Waals surface area contributed by atoms with E-state index < -0.39 is 5.92 Å². The lowest BCUT2D eigenvalue weighted by molar-refractivity contribution is 0.0174. The van der Waals surface area contributed by atoms with Crippen molar-refractivity contribution in [2.75, 3.05) is 25.1 Å². The van der Waals surface area contributed by atoms with Crippen molar-refractivity contribution in [2.45, 2.75) is 35.4 Å². The van der Waals surface area contributed by atoms with Crippen LogP contribution in [-0.2, 0) is 12.5 Å². The van der Waals surface area contributed by atoms with Crippen molar-refractivity contribution in [3.63, 3.8) is 0 Å². The van der Waals surface area contributed by atoms with E-state index in [2.05, 4.69) is 4.99 Å². The first kappa shape index (κ1) is 22.5. The molecule has 0 bridgehead atoms. The van der Waals surface area contributed by atoms with Crippen molar-refractivity contribution in [3.8, 4) is 0 Å². The zero-order chi connectivity index (χ0) is 24.0. The van der Waals surface area contributed by atoms with Gasteiger partial charge in [-0.05, 0) is 17.7 Å². The van der Waals surface area contributed by atoms with Crippen LogP contribution in [0.4, 0.5) is 14.6 Å². The molecule has 176 valence electrons. The zero-order valence-corrected chi connectivity index (χ0v) is 19.5. The molecule has 0 aliphatic carbocycles. The summed E-state index contributed by atoms with van der Waals surface area (Å²) in [7, 11) is 1.66. The van der Waals surface area contributed by atoms with Crippen LogP contribution in [0.1, 0.15) is 28.4 Å². The molecule has 1 atom stereocenters. The predicted molar refractivity (Wildman–Crippen MR) is 126 cm³/mol. The average Bonchev–Trinajstić information content (AvgIpc) is 3.40. The number of alkyl halides is 2. The van der Waals surface area contributed by atoms with E-state index in [-0.39, 0.29) is 24.1 Å². The summed E-state index contributed by atoms with van der Waals surface area (Å²) < 4.78 is 29.0. The Morgan fingerprint density at radius 3 is 2.50 bits per heavy atom.